The van der Waals surface area contributed by atoms with Crippen LogP contribution in [0.1, 0.15) is 25.8 Å². The molecule has 1 aromatic carbocycles. The van der Waals surface area contributed by atoms with Gasteiger partial charge < -0.3 is 24.1 Å². The monoisotopic (exact) mass is 512 g/mol. The quantitative estimate of drug-likeness (QED) is 0.194. The number of ether oxygens (including phenoxy) is 4. The summed E-state index contributed by atoms with van der Waals surface area (Å²) in [5.41, 5.74) is -8.06. The van der Waals surface area contributed by atoms with Gasteiger partial charge in [0.15, 0.2) is 18.1 Å². The molecule has 1 N–H and O–H groups in total. The number of benzene rings is 1. The zero-order chi connectivity index (χ0) is 26.7. The van der Waals surface area contributed by atoms with Gasteiger partial charge in [0.05, 0.1) is 42.8 Å². The lowest BCUT2D eigenvalue weighted by Gasteiger charge is -2.40. The molecule has 5 atom stereocenters. The van der Waals surface area contributed by atoms with Gasteiger partial charge in [0.25, 0.3) is 0 Å². The van der Waals surface area contributed by atoms with Crippen LogP contribution in [-0.4, -0.2) is 66.8 Å². The van der Waals surface area contributed by atoms with E-state index < -0.39 is 70.6 Å². The number of carbonyl (C=O) groups is 3. The first-order valence-electron chi connectivity index (χ1n) is 10.9. The van der Waals surface area contributed by atoms with E-state index in [1.165, 1.54) is 21.0 Å². The van der Waals surface area contributed by atoms with E-state index in [2.05, 4.69) is 4.85 Å². The highest BCUT2D eigenvalue weighted by Gasteiger charge is 2.82. The second-order valence-corrected chi connectivity index (χ2v) is 9.29. The molecule has 4 rings (SSSR count). The van der Waals surface area contributed by atoms with Gasteiger partial charge in [-0.05, 0) is 26.0 Å². The third kappa shape index (κ3) is 3.59. The SMILES string of the molecule is [C-]#[N+]c1ccc(N2C(=O)[C@@H]3[C@H](C2=O)C2(C)C[C@@](O)(C(=O)OCOCCOC)C3(C)O2)cc1C(F)(F)F. The van der Waals surface area contributed by atoms with Crippen LogP contribution < -0.4 is 4.90 Å². The maximum Gasteiger partial charge on any atom is 0.407 e. The molecule has 0 aromatic heterocycles. The second-order valence-electron chi connectivity index (χ2n) is 9.29. The number of halogens is 3. The molecule has 0 saturated carbocycles. The first-order valence-corrected chi connectivity index (χ1v) is 10.9. The molecule has 13 heteroatoms. The smallest absolute Gasteiger partial charge is 0.407 e. The molecule has 36 heavy (non-hydrogen) atoms. The molecule has 10 nitrogen and oxygen atoms in total. The Balaban J connectivity index is 1.66. The van der Waals surface area contributed by atoms with Gasteiger partial charge in [-0.1, -0.05) is 6.07 Å². The lowest BCUT2D eigenvalue weighted by atomic mass is 9.61. The lowest BCUT2D eigenvalue weighted by Crippen LogP contribution is -2.62. The van der Waals surface area contributed by atoms with Crippen LogP contribution in [0.3, 0.4) is 0 Å². The molecule has 3 saturated heterocycles. The predicted molar refractivity (Wildman–Crippen MR) is 113 cm³/mol. The minimum Gasteiger partial charge on any atom is -0.436 e. The molecule has 3 heterocycles. The fraction of sp³-hybridized carbons (Fsp3) is 0.565. The van der Waals surface area contributed by atoms with Gasteiger partial charge in [-0.15, -0.1) is 0 Å². The molecule has 3 fully saturated rings. The average molecular weight is 512 g/mol. The van der Waals surface area contributed by atoms with Gasteiger partial charge in [-0.2, -0.15) is 13.2 Å². The highest BCUT2D eigenvalue weighted by atomic mass is 19.4. The van der Waals surface area contributed by atoms with Crippen LogP contribution in [0.25, 0.3) is 4.85 Å². The van der Waals surface area contributed by atoms with Crippen molar-refractivity contribution in [2.45, 2.75) is 43.2 Å². The topological polar surface area (TPSA) is 116 Å². The number of hydrogen-bond acceptors (Lipinski definition) is 8. The highest BCUT2D eigenvalue weighted by Crippen LogP contribution is 2.65. The van der Waals surface area contributed by atoms with Crippen molar-refractivity contribution >= 4 is 29.2 Å². The van der Waals surface area contributed by atoms with Crippen molar-refractivity contribution in [2.24, 2.45) is 11.8 Å². The van der Waals surface area contributed by atoms with E-state index in [1.54, 1.807) is 0 Å². The van der Waals surface area contributed by atoms with Gasteiger partial charge in [0.2, 0.25) is 11.8 Å². The van der Waals surface area contributed by atoms with Crippen molar-refractivity contribution in [3.8, 4) is 0 Å². The maximum atomic E-state index is 13.5. The van der Waals surface area contributed by atoms with Crippen LogP contribution in [0.4, 0.5) is 24.5 Å². The number of nitrogens with zero attached hydrogens (tertiary/aromatic N) is 2. The molecule has 2 bridgehead atoms. The van der Waals surface area contributed by atoms with E-state index >= 15 is 0 Å². The molecule has 2 amide bonds. The number of hydrogen-bond donors (Lipinski definition) is 1. The van der Waals surface area contributed by atoms with Gasteiger partial charge in [0.1, 0.15) is 5.60 Å². The zero-order valence-corrected chi connectivity index (χ0v) is 19.5. The molecular formula is C23H23F3N2O8. The van der Waals surface area contributed by atoms with Crippen molar-refractivity contribution in [1.29, 1.82) is 0 Å². The number of methoxy groups -OCH3 is 1. The number of alkyl halides is 3. The Morgan fingerprint density at radius 3 is 2.53 bits per heavy atom. The molecule has 194 valence electrons. The predicted octanol–water partition coefficient (Wildman–Crippen LogP) is 2.21. The molecule has 0 spiro atoms. The number of aliphatic hydroxyl groups is 1. The summed E-state index contributed by atoms with van der Waals surface area (Å²) in [5.74, 6) is -5.40. The lowest BCUT2D eigenvalue weighted by molar-refractivity contribution is -0.198. The normalized spacial score (nSPS) is 33.1. The molecular weight excluding hydrogens is 489 g/mol. The summed E-state index contributed by atoms with van der Waals surface area (Å²) in [6.07, 6.45) is -5.28. The Morgan fingerprint density at radius 1 is 1.25 bits per heavy atom. The van der Waals surface area contributed by atoms with Crippen molar-refractivity contribution in [2.75, 3.05) is 32.0 Å². The number of carbonyl (C=O) groups excluding carboxylic acids is 3. The van der Waals surface area contributed by atoms with Gasteiger partial charge in [-0.25, -0.2) is 14.5 Å². The van der Waals surface area contributed by atoms with Gasteiger partial charge in [-0.3, -0.25) is 9.59 Å². The summed E-state index contributed by atoms with van der Waals surface area (Å²) in [7, 11) is 1.45. The van der Waals surface area contributed by atoms with E-state index in [4.69, 9.17) is 25.5 Å². The molecule has 3 aliphatic heterocycles. The van der Waals surface area contributed by atoms with Crippen LogP contribution in [0.15, 0.2) is 18.2 Å². The second kappa shape index (κ2) is 8.52. The third-order valence-electron chi connectivity index (χ3n) is 7.14. The minimum atomic E-state index is -4.90. The van der Waals surface area contributed by atoms with Crippen LogP contribution in [0.2, 0.25) is 0 Å². The van der Waals surface area contributed by atoms with Crippen LogP contribution in [-0.2, 0) is 39.5 Å². The number of fused-ring (bicyclic) bond motifs is 5. The first kappa shape index (κ1) is 26.0. The number of imide groups is 1. The van der Waals surface area contributed by atoms with E-state index in [0.29, 0.717) is 11.0 Å². The largest absolute Gasteiger partial charge is 0.436 e. The number of rotatable bonds is 7. The summed E-state index contributed by atoms with van der Waals surface area (Å²) in [6, 6.07) is 2.52. The number of amides is 2. The Bertz CT molecular complexity index is 1170. The van der Waals surface area contributed by atoms with Crippen molar-refractivity contribution < 1.29 is 51.6 Å². The zero-order valence-electron chi connectivity index (χ0n) is 19.5. The minimum absolute atomic E-state index is 0.118. The fourth-order valence-corrected chi connectivity index (χ4v) is 5.55. The van der Waals surface area contributed by atoms with Crippen molar-refractivity contribution in [3.63, 3.8) is 0 Å². The Kier molecular flexibility index (Phi) is 6.16. The van der Waals surface area contributed by atoms with Gasteiger partial charge in [0, 0.05) is 19.2 Å². The Labute approximate surface area is 203 Å². The fourth-order valence-electron chi connectivity index (χ4n) is 5.55. The van der Waals surface area contributed by atoms with E-state index in [-0.39, 0.29) is 25.3 Å². The highest BCUT2D eigenvalue weighted by molar-refractivity contribution is 6.23. The average Bonchev–Trinajstić information content (AvgIpc) is 3.31. The Morgan fingerprint density at radius 2 is 1.92 bits per heavy atom. The Hall–Kier alpha value is -3.05. The molecule has 3 aliphatic rings. The van der Waals surface area contributed by atoms with E-state index in [9.17, 15) is 32.7 Å². The summed E-state index contributed by atoms with van der Waals surface area (Å²) in [5, 5.41) is 11.4. The number of anilines is 1. The summed E-state index contributed by atoms with van der Waals surface area (Å²) < 4.78 is 61.3. The van der Waals surface area contributed by atoms with E-state index in [1.807, 2.05) is 0 Å². The first-order chi connectivity index (χ1) is 16.7. The number of esters is 1. The van der Waals surface area contributed by atoms with Crippen LogP contribution in [0.5, 0.6) is 0 Å². The third-order valence-corrected chi connectivity index (χ3v) is 7.14. The standard InChI is InChI=1S/C23H23F3N2O8/c1-20-10-22(32,19(31)35-11-34-8-7-33-4)21(2,36-20)16-15(20)17(29)28(18(16)30)12-5-6-14(27-3)13(9-12)23(24,25)26/h5-6,9,15-16,32H,7-8,10-11H2,1-2,4H3/t15-,16+,20?,21?,22-/m1/s1. The molecule has 0 aliphatic carbocycles. The molecule has 1 aromatic rings. The van der Waals surface area contributed by atoms with Crippen molar-refractivity contribution in [3.05, 3.63) is 35.2 Å². The summed E-state index contributed by atoms with van der Waals surface area (Å²) in [4.78, 5) is 43.2. The van der Waals surface area contributed by atoms with Crippen LogP contribution >= 0.6 is 0 Å². The van der Waals surface area contributed by atoms with Crippen molar-refractivity contribution in [1.82, 2.24) is 0 Å². The van der Waals surface area contributed by atoms with Gasteiger partial charge >= 0.3 is 12.1 Å². The summed E-state index contributed by atoms with van der Waals surface area (Å²) >= 11 is 0. The molecule has 2 unspecified atom stereocenters. The summed E-state index contributed by atoms with van der Waals surface area (Å²) in [6.45, 7) is 9.59. The maximum absolute atomic E-state index is 13.5. The molecule has 0 radical (unpaired) electrons. The van der Waals surface area contributed by atoms with Crippen LogP contribution in [0, 0.1) is 18.4 Å². The van der Waals surface area contributed by atoms with E-state index in [0.717, 1.165) is 12.1 Å².